The van der Waals surface area contributed by atoms with Crippen molar-refractivity contribution in [1.29, 1.82) is 0 Å². The summed E-state index contributed by atoms with van der Waals surface area (Å²) in [6, 6.07) is 5.20. The van der Waals surface area contributed by atoms with Gasteiger partial charge in [-0.05, 0) is 26.0 Å². The summed E-state index contributed by atoms with van der Waals surface area (Å²) in [6.45, 7) is 3.41. The largest absolute Gasteiger partial charge is 0.356 e. The lowest BCUT2D eigenvalue weighted by Gasteiger charge is -2.29. The van der Waals surface area contributed by atoms with Crippen molar-refractivity contribution in [2.75, 3.05) is 21.3 Å². The minimum absolute atomic E-state index is 0.389. The predicted octanol–water partition coefficient (Wildman–Crippen LogP) is 4.21. The first kappa shape index (κ1) is 19.8. The molecule has 2 unspecified atom stereocenters. The maximum absolute atomic E-state index is 13.0. The van der Waals surface area contributed by atoms with Gasteiger partial charge in [-0.1, -0.05) is 17.8 Å². The normalized spacial score (nSPS) is 16.5. The van der Waals surface area contributed by atoms with Gasteiger partial charge in [0.25, 0.3) is 0 Å². The third kappa shape index (κ3) is 4.90. The maximum Gasteiger partial charge on any atom is 0.356 e. The highest BCUT2D eigenvalue weighted by Crippen LogP contribution is 2.74. The quantitative estimate of drug-likeness (QED) is 0.473. The van der Waals surface area contributed by atoms with E-state index in [0.29, 0.717) is 5.03 Å². The summed E-state index contributed by atoms with van der Waals surface area (Å²) < 4.78 is 45.2. The third-order valence-corrected chi connectivity index (χ3v) is 10.4. The Labute approximate surface area is 135 Å². The highest BCUT2D eigenvalue weighted by Gasteiger charge is 2.51. The summed E-state index contributed by atoms with van der Waals surface area (Å²) in [5, 5.41) is 0.506. The maximum atomic E-state index is 13.0. The monoisotopic (exact) mass is 369 g/mol. The number of hydrogen-bond acceptors (Lipinski definition) is 8. The van der Waals surface area contributed by atoms with E-state index in [2.05, 4.69) is 4.98 Å². The lowest BCUT2D eigenvalue weighted by atomic mass is 10.5. The van der Waals surface area contributed by atoms with E-state index in [0.717, 1.165) is 11.8 Å². The van der Waals surface area contributed by atoms with Gasteiger partial charge in [-0.2, -0.15) is 0 Å². The summed E-state index contributed by atoms with van der Waals surface area (Å²) in [4.78, 5) is 4.13. The van der Waals surface area contributed by atoms with Crippen molar-refractivity contribution in [2.24, 2.45) is 0 Å². The zero-order chi connectivity index (χ0) is 16.8. The van der Waals surface area contributed by atoms with Gasteiger partial charge in [0.05, 0.1) is 11.1 Å². The molecular weight excluding hydrogens is 348 g/mol. The van der Waals surface area contributed by atoms with Crippen LogP contribution < -0.4 is 0 Å². The van der Waals surface area contributed by atoms with Gasteiger partial charge in [-0.15, -0.1) is 0 Å². The molecule has 0 aliphatic heterocycles. The van der Waals surface area contributed by atoms with Crippen molar-refractivity contribution >= 4 is 27.0 Å². The minimum Gasteiger partial charge on any atom is -0.311 e. The van der Waals surface area contributed by atoms with E-state index in [-0.39, 0.29) is 6.10 Å². The molecule has 22 heavy (non-hydrogen) atoms. The molecule has 0 radical (unpaired) electrons. The molecule has 0 saturated carbocycles. The molecule has 0 amide bonds. The molecule has 1 aromatic heterocycles. The number of hydrogen-bond donors (Lipinski definition) is 0. The Morgan fingerprint density at radius 2 is 1.64 bits per heavy atom. The Balaban J connectivity index is 3.26. The van der Waals surface area contributed by atoms with Crippen molar-refractivity contribution in [3.05, 3.63) is 24.4 Å². The molecule has 7 nitrogen and oxygen atoms in total. The van der Waals surface area contributed by atoms with Crippen LogP contribution in [0.2, 0.25) is 0 Å². The Kier molecular flexibility index (Phi) is 7.75. The second-order valence-corrected chi connectivity index (χ2v) is 11.1. The third-order valence-electron chi connectivity index (χ3n) is 2.53. The molecule has 1 heterocycles. The molecule has 0 saturated heterocycles. The highest BCUT2D eigenvalue weighted by atomic mass is 32.2. The summed E-state index contributed by atoms with van der Waals surface area (Å²) in [7, 11) is -3.82. The molecule has 10 heteroatoms. The van der Waals surface area contributed by atoms with Crippen LogP contribution in [0.4, 0.5) is 0 Å². The summed E-state index contributed by atoms with van der Waals surface area (Å²) in [5.41, 5.74) is 0. The molecule has 0 aliphatic carbocycles. The van der Waals surface area contributed by atoms with E-state index in [9.17, 15) is 9.13 Å². The number of thioether (sulfide) groups is 1. The van der Waals surface area contributed by atoms with E-state index < -0.39 is 19.9 Å². The molecule has 126 valence electrons. The predicted molar refractivity (Wildman–Crippen MR) is 86.3 cm³/mol. The van der Waals surface area contributed by atoms with Crippen LogP contribution in [0.5, 0.6) is 0 Å². The smallest absolute Gasteiger partial charge is 0.311 e. The van der Waals surface area contributed by atoms with Crippen LogP contribution >= 0.6 is 27.0 Å². The van der Waals surface area contributed by atoms with Crippen molar-refractivity contribution < 1.29 is 27.2 Å². The van der Waals surface area contributed by atoms with Crippen molar-refractivity contribution in [3.8, 4) is 0 Å². The first-order valence-corrected chi connectivity index (χ1v) is 10.5. The average molecular weight is 369 g/mol. The van der Waals surface area contributed by atoms with Crippen LogP contribution in [0, 0.1) is 0 Å². The van der Waals surface area contributed by atoms with E-state index in [4.69, 9.17) is 18.1 Å². The van der Waals surface area contributed by atoms with Gasteiger partial charge in [-0.25, -0.2) is 4.98 Å². The fraction of sp³-hybridized carbons (Fsp3) is 0.583. The Morgan fingerprint density at radius 3 is 2.05 bits per heavy atom. The Bertz CT molecular complexity index is 548. The Hall–Kier alpha value is -0.200. The first-order valence-electron chi connectivity index (χ1n) is 6.44. The van der Waals surface area contributed by atoms with Gasteiger partial charge in [0.15, 0.2) is 0 Å². The van der Waals surface area contributed by atoms with Crippen LogP contribution in [0.25, 0.3) is 0 Å². The second-order valence-electron chi connectivity index (χ2n) is 4.39. The lowest BCUT2D eigenvalue weighted by Crippen LogP contribution is -2.15. The Morgan fingerprint density at radius 1 is 1.05 bits per heavy atom. The number of rotatable bonds is 9. The molecule has 0 spiro atoms. The molecule has 0 aromatic carbocycles. The molecule has 2 atom stereocenters. The van der Waals surface area contributed by atoms with Crippen LogP contribution in [-0.4, -0.2) is 37.1 Å². The second kappa shape index (κ2) is 8.60. The van der Waals surface area contributed by atoms with Crippen LogP contribution in [0.3, 0.4) is 0 Å². The molecule has 0 fully saturated rings. The lowest BCUT2D eigenvalue weighted by molar-refractivity contribution is 0.186. The fourth-order valence-electron chi connectivity index (χ4n) is 1.56. The SMILES string of the molecule is COP(=O)(OC)C(Sc1ccccn1)P(=O)(OC)OC(C)C. The summed E-state index contributed by atoms with van der Waals surface area (Å²) in [6.07, 6.45) is 1.19. The highest BCUT2D eigenvalue weighted by molar-refractivity contribution is 8.12. The van der Waals surface area contributed by atoms with Gasteiger partial charge in [0.1, 0.15) is 0 Å². The van der Waals surface area contributed by atoms with Crippen molar-refractivity contribution in [1.82, 2.24) is 4.98 Å². The van der Waals surface area contributed by atoms with Gasteiger partial charge in [0.2, 0.25) is 4.73 Å². The molecular formula is C12H21NO6P2S. The molecule has 1 aromatic rings. The van der Waals surface area contributed by atoms with E-state index >= 15 is 0 Å². The molecule has 0 N–H and O–H groups in total. The minimum atomic E-state index is -3.78. The molecule has 0 bridgehead atoms. The summed E-state index contributed by atoms with van der Waals surface area (Å²) in [5.74, 6) is 0. The molecule has 1 rings (SSSR count). The summed E-state index contributed by atoms with van der Waals surface area (Å²) >= 11 is 0.981. The first-order chi connectivity index (χ1) is 10.3. The van der Waals surface area contributed by atoms with Crippen LogP contribution in [0.15, 0.2) is 29.4 Å². The van der Waals surface area contributed by atoms with Gasteiger partial charge < -0.3 is 18.1 Å². The number of nitrogens with zero attached hydrogens (tertiary/aromatic N) is 1. The topological polar surface area (TPSA) is 84.0 Å². The van der Waals surface area contributed by atoms with Gasteiger partial charge >= 0.3 is 15.2 Å². The zero-order valence-electron chi connectivity index (χ0n) is 13.2. The molecule has 0 aliphatic rings. The van der Waals surface area contributed by atoms with Crippen LogP contribution in [0.1, 0.15) is 13.8 Å². The van der Waals surface area contributed by atoms with Crippen LogP contribution in [-0.2, 0) is 27.2 Å². The zero-order valence-corrected chi connectivity index (χ0v) is 15.8. The van der Waals surface area contributed by atoms with Crippen molar-refractivity contribution in [2.45, 2.75) is 29.7 Å². The van der Waals surface area contributed by atoms with E-state index in [1.54, 1.807) is 38.2 Å². The van der Waals surface area contributed by atoms with Gasteiger partial charge in [0, 0.05) is 27.5 Å². The standard InChI is InChI=1S/C12H21NO6P2S/c1-10(2)19-21(15,18-5)12(20(14,16-3)17-4)22-11-8-6-7-9-13-11/h6-10,12H,1-5H3. The number of aromatic nitrogens is 1. The van der Waals surface area contributed by atoms with Gasteiger partial charge in [-0.3, -0.25) is 9.13 Å². The number of pyridine rings is 1. The van der Waals surface area contributed by atoms with Crippen molar-refractivity contribution in [3.63, 3.8) is 0 Å². The average Bonchev–Trinajstić information content (AvgIpc) is 2.52. The van der Waals surface area contributed by atoms with E-state index in [1.165, 1.54) is 21.3 Å². The van der Waals surface area contributed by atoms with E-state index in [1.807, 2.05) is 0 Å². The fourth-order valence-corrected chi connectivity index (χ4v) is 8.53.